The molecular formula is C6H10ClNO2. The van der Waals surface area contributed by atoms with Crippen molar-refractivity contribution in [3.63, 3.8) is 0 Å². The number of aliphatic hydroxyl groups excluding tert-OH is 1. The predicted octanol–water partition coefficient (Wildman–Crippen LogP) is -0.112. The Kier molecular flexibility index (Phi) is 4.98. The van der Waals surface area contributed by atoms with E-state index in [-0.39, 0.29) is 18.3 Å². The molecule has 0 aromatic carbocycles. The Morgan fingerprint density at radius 1 is 1.90 bits per heavy atom. The number of rotatable bonds is 4. The molecular weight excluding hydrogens is 154 g/mol. The average Bonchev–Trinajstić information content (AvgIpc) is 1.99. The van der Waals surface area contributed by atoms with Gasteiger partial charge in [-0.2, -0.15) is 0 Å². The topological polar surface area (TPSA) is 49.3 Å². The summed E-state index contributed by atoms with van der Waals surface area (Å²) in [6.45, 7) is 3.41. The lowest BCUT2D eigenvalue weighted by molar-refractivity contribution is -0.116. The molecule has 0 aliphatic carbocycles. The minimum Gasteiger partial charge on any atom is -0.390 e. The first-order valence-corrected chi connectivity index (χ1v) is 3.38. The van der Waals surface area contributed by atoms with Gasteiger partial charge in [0.1, 0.15) is 0 Å². The zero-order chi connectivity index (χ0) is 7.98. The highest BCUT2D eigenvalue weighted by Gasteiger charge is 2.01. The fourth-order valence-electron chi connectivity index (χ4n) is 0.345. The third-order valence-electron chi connectivity index (χ3n) is 0.875. The van der Waals surface area contributed by atoms with Crippen LogP contribution in [0, 0.1) is 0 Å². The van der Waals surface area contributed by atoms with E-state index in [1.54, 1.807) is 0 Å². The number of amides is 1. The minimum absolute atomic E-state index is 0.122. The van der Waals surface area contributed by atoms with Crippen LogP contribution in [-0.4, -0.2) is 29.5 Å². The second-order valence-corrected chi connectivity index (χ2v) is 2.07. The van der Waals surface area contributed by atoms with E-state index in [4.69, 9.17) is 16.7 Å². The van der Waals surface area contributed by atoms with E-state index in [0.29, 0.717) is 0 Å². The highest BCUT2D eigenvalue weighted by Crippen LogP contribution is 1.83. The predicted molar refractivity (Wildman–Crippen MR) is 39.9 cm³/mol. The van der Waals surface area contributed by atoms with E-state index in [2.05, 4.69) is 11.9 Å². The first-order chi connectivity index (χ1) is 4.70. The third-order valence-corrected chi connectivity index (χ3v) is 1.23. The Balaban J connectivity index is 3.34. The molecule has 10 heavy (non-hydrogen) atoms. The van der Waals surface area contributed by atoms with E-state index in [9.17, 15) is 4.79 Å². The van der Waals surface area contributed by atoms with Crippen molar-refractivity contribution in [2.45, 2.75) is 6.10 Å². The molecule has 0 heterocycles. The Hall–Kier alpha value is -0.540. The maximum Gasteiger partial charge on any atom is 0.243 e. The largest absolute Gasteiger partial charge is 0.390 e. The number of carbonyl (C=O) groups is 1. The van der Waals surface area contributed by atoms with Crippen LogP contribution in [0.3, 0.4) is 0 Å². The second kappa shape index (κ2) is 5.26. The van der Waals surface area contributed by atoms with E-state index < -0.39 is 6.10 Å². The summed E-state index contributed by atoms with van der Waals surface area (Å²) in [4.78, 5) is 10.4. The molecule has 58 valence electrons. The van der Waals surface area contributed by atoms with Gasteiger partial charge in [0.05, 0.1) is 12.0 Å². The fourth-order valence-corrected chi connectivity index (χ4v) is 0.454. The fraction of sp³-hybridized carbons (Fsp3) is 0.500. The molecule has 3 nitrogen and oxygen atoms in total. The van der Waals surface area contributed by atoms with Gasteiger partial charge in [-0.1, -0.05) is 6.58 Å². The molecule has 0 spiro atoms. The Labute approximate surface area is 64.7 Å². The van der Waals surface area contributed by atoms with Crippen LogP contribution >= 0.6 is 11.6 Å². The van der Waals surface area contributed by atoms with Crippen LogP contribution < -0.4 is 5.32 Å². The first kappa shape index (κ1) is 9.46. The molecule has 0 saturated heterocycles. The van der Waals surface area contributed by atoms with Gasteiger partial charge in [0.2, 0.25) is 5.91 Å². The summed E-state index contributed by atoms with van der Waals surface area (Å²) < 4.78 is 0. The van der Waals surface area contributed by atoms with E-state index in [0.717, 1.165) is 6.08 Å². The van der Waals surface area contributed by atoms with Crippen LogP contribution in [0.25, 0.3) is 0 Å². The van der Waals surface area contributed by atoms with Crippen molar-refractivity contribution >= 4 is 17.5 Å². The maximum atomic E-state index is 10.4. The summed E-state index contributed by atoms with van der Waals surface area (Å²) in [5.41, 5.74) is 0. The van der Waals surface area contributed by atoms with Crippen LogP contribution in [0.5, 0.6) is 0 Å². The smallest absolute Gasteiger partial charge is 0.243 e. The van der Waals surface area contributed by atoms with Gasteiger partial charge in [-0.05, 0) is 6.08 Å². The summed E-state index contributed by atoms with van der Waals surface area (Å²) in [7, 11) is 0. The van der Waals surface area contributed by atoms with Crippen molar-refractivity contribution in [1.82, 2.24) is 5.32 Å². The zero-order valence-electron chi connectivity index (χ0n) is 5.51. The van der Waals surface area contributed by atoms with Crippen LogP contribution in [0.1, 0.15) is 0 Å². The molecule has 0 aromatic rings. The van der Waals surface area contributed by atoms with Gasteiger partial charge in [-0.15, -0.1) is 11.6 Å². The van der Waals surface area contributed by atoms with Gasteiger partial charge in [-0.3, -0.25) is 4.79 Å². The number of alkyl halides is 1. The quantitative estimate of drug-likeness (QED) is 0.449. The number of hydrogen-bond acceptors (Lipinski definition) is 2. The van der Waals surface area contributed by atoms with Gasteiger partial charge >= 0.3 is 0 Å². The lowest BCUT2D eigenvalue weighted by Crippen LogP contribution is -2.31. The lowest BCUT2D eigenvalue weighted by Gasteiger charge is -2.05. The second-order valence-electron chi connectivity index (χ2n) is 1.76. The summed E-state index contributed by atoms with van der Waals surface area (Å²) in [6.07, 6.45) is 0.464. The van der Waals surface area contributed by atoms with E-state index >= 15 is 0 Å². The summed E-state index contributed by atoms with van der Waals surface area (Å²) in [6, 6.07) is 0. The van der Waals surface area contributed by atoms with Crippen molar-refractivity contribution < 1.29 is 9.90 Å². The minimum atomic E-state index is -0.675. The van der Waals surface area contributed by atoms with Crippen LogP contribution in [0.15, 0.2) is 12.7 Å². The van der Waals surface area contributed by atoms with Gasteiger partial charge in [0.25, 0.3) is 0 Å². The van der Waals surface area contributed by atoms with Crippen LogP contribution in [0.2, 0.25) is 0 Å². The number of aliphatic hydroxyl groups is 1. The van der Waals surface area contributed by atoms with Crippen molar-refractivity contribution in [3.8, 4) is 0 Å². The summed E-state index contributed by atoms with van der Waals surface area (Å²) in [5, 5.41) is 11.2. The highest BCUT2D eigenvalue weighted by atomic mass is 35.5. The Bertz CT molecular complexity index is 127. The van der Waals surface area contributed by atoms with Crippen LogP contribution in [0.4, 0.5) is 0 Å². The molecule has 1 amide bonds. The van der Waals surface area contributed by atoms with Gasteiger partial charge in [0.15, 0.2) is 0 Å². The molecule has 4 heteroatoms. The summed E-state index contributed by atoms with van der Waals surface area (Å²) in [5.74, 6) is -0.179. The van der Waals surface area contributed by atoms with E-state index in [1.807, 2.05) is 0 Å². The van der Waals surface area contributed by atoms with Crippen molar-refractivity contribution in [2.75, 3.05) is 12.4 Å². The molecule has 1 atom stereocenters. The SMILES string of the molecule is C=CC(=O)NCC(O)CCl. The molecule has 0 bridgehead atoms. The van der Waals surface area contributed by atoms with Crippen molar-refractivity contribution in [3.05, 3.63) is 12.7 Å². The molecule has 0 rings (SSSR count). The summed E-state index contributed by atoms with van der Waals surface area (Å²) >= 11 is 5.25. The lowest BCUT2D eigenvalue weighted by atomic mass is 10.4. The molecule has 0 aliphatic rings. The molecule has 0 aliphatic heterocycles. The van der Waals surface area contributed by atoms with Gasteiger partial charge in [-0.25, -0.2) is 0 Å². The molecule has 2 N–H and O–H groups in total. The zero-order valence-corrected chi connectivity index (χ0v) is 6.27. The molecule has 0 saturated carbocycles. The highest BCUT2D eigenvalue weighted by molar-refractivity contribution is 6.18. The van der Waals surface area contributed by atoms with Gasteiger partial charge < -0.3 is 10.4 Å². The standard InChI is InChI=1S/C6H10ClNO2/c1-2-6(10)8-4-5(9)3-7/h2,5,9H,1,3-4H2,(H,8,10). The number of halogens is 1. The Morgan fingerprint density at radius 2 is 2.50 bits per heavy atom. The molecule has 0 aromatic heterocycles. The number of nitrogens with one attached hydrogen (secondary N) is 1. The average molecular weight is 164 g/mol. The molecule has 0 radical (unpaired) electrons. The monoisotopic (exact) mass is 163 g/mol. The molecule has 1 unspecified atom stereocenters. The number of carbonyl (C=O) groups excluding carboxylic acids is 1. The Morgan fingerprint density at radius 3 is 2.90 bits per heavy atom. The third kappa shape index (κ3) is 4.35. The van der Waals surface area contributed by atoms with E-state index in [1.165, 1.54) is 0 Å². The maximum absolute atomic E-state index is 10.4. The number of hydrogen-bond donors (Lipinski definition) is 2. The first-order valence-electron chi connectivity index (χ1n) is 2.85. The van der Waals surface area contributed by atoms with Crippen LogP contribution in [-0.2, 0) is 4.79 Å². The molecule has 0 fully saturated rings. The van der Waals surface area contributed by atoms with Gasteiger partial charge in [0, 0.05) is 6.54 Å². The normalized spacial score (nSPS) is 12.2. The van der Waals surface area contributed by atoms with Crippen molar-refractivity contribution in [2.24, 2.45) is 0 Å². The van der Waals surface area contributed by atoms with Crippen molar-refractivity contribution in [1.29, 1.82) is 0 Å².